The molecule has 0 spiro atoms. The molecular weight excluding hydrogens is 274 g/mol. The SMILES string of the molecule is CC[C@H](Oc1ccc2c(c1)CCCC2)C(=O)NCCC(C)C. The van der Waals surface area contributed by atoms with E-state index in [1.165, 1.54) is 30.4 Å². The Kier molecular flexibility index (Phi) is 6.29. The molecule has 0 bridgehead atoms. The average molecular weight is 303 g/mol. The van der Waals surface area contributed by atoms with E-state index in [1.807, 2.05) is 13.0 Å². The van der Waals surface area contributed by atoms with Gasteiger partial charge in [0, 0.05) is 6.54 Å². The highest BCUT2D eigenvalue weighted by Gasteiger charge is 2.19. The molecule has 0 fully saturated rings. The van der Waals surface area contributed by atoms with Gasteiger partial charge in [0.25, 0.3) is 5.91 Å². The van der Waals surface area contributed by atoms with E-state index in [4.69, 9.17) is 4.74 Å². The van der Waals surface area contributed by atoms with Gasteiger partial charge in [-0.15, -0.1) is 0 Å². The largest absolute Gasteiger partial charge is 0.481 e. The summed E-state index contributed by atoms with van der Waals surface area (Å²) in [5, 5.41) is 2.98. The minimum atomic E-state index is -0.395. The van der Waals surface area contributed by atoms with Crippen LogP contribution in [-0.2, 0) is 17.6 Å². The topological polar surface area (TPSA) is 38.3 Å². The smallest absolute Gasteiger partial charge is 0.261 e. The zero-order valence-electron chi connectivity index (χ0n) is 14.2. The third kappa shape index (κ3) is 4.75. The summed E-state index contributed by atoms with van der Waals surface area (Å²) in [7, 11) is 0. The fourth-order valence-electron chi connectivity index (χ4n) is 2.87. The highest BCUT2D eigenvalue weighted by molar-refractivity contribution is 5.81. The second kappa shape index (κ2) is 8.21. The number of carbonyl (C=O) groups excluding carboxylic acids is 1. The maximum absolute atomic E-state index is 12.2. The van der Waals surface area contributed by atoms with Crippen LogP contribution in [0.4, 0.5) is 0 Å². The first-order valence-electron chi connectivity index (χ1n) is 8.66. The monoisotopic (exact) mass is 303 g/mol. The van der Waals surface area contributed by atoms with E-state index < -0.39 is 6.10 Å². The molecule has 1 aromatic rings. The summed E-state index contributed by atoms with van der Waals surface area (Å²) in [6.45, 7) is 7.03. The number of carbonyl (C=O) groups is 1. The molecule has 1 aliphatic rings. The molecule has 1 N–H and O–H groups in total. The van der Waals surface area contributed by atoms with Crippen molar-refractivity contribution in [2.24, 2.45) is 5.92 Å². The maximum Gasteiger partial charge on any atom is 0.261 e. The molecule has 0 aliphatic heterocycles. The second-order valence-corrected chi connectivity index (χ2v) is 6.63. The van der Waals surface area contributed by atoms with Gasteiger partial charge in [-0.25, -0.2) is 0 Å². The molecule has 0 aromatic heterocycles. The van der Waals surface area contributed by atoms with Crippen molar-refractivity contribution in [3.05, 3.63) is 29.3 Å². The van der Waals surface area contributed by atoms with E-state index >= 15 is 0 Å². The molecule has 3 nitrogen and oxygen atoms in total. The van der Waals surface area contributed by atoms with Crippen LogP contribution >= 0.6 is 0 Å². The number of ether oxygens (including phenoxy) is 1. The van der Waals surface area contributed by atoms with Crippen LogP contribution in [0, 0.1) is 5.92 Å². The molecular formula is C19H29NO2. The van der Waals surface area contributed by atoms with Gasteiger partial charge in [-0.1, -0.05) is 26.8 Å². The molecule has 0 saturated heterocycles. The zero-order valence-corrected chi connectivity index (χ0v) is 14.2. The summed E-state index contributed by atoms with van der Waals surface area (Å²) in [6, 6.07) is 6.29. The molecule has 22 heavy (non-hydrogen) atoms. The molecule has 1 amide bonds. The summed E-state index contributed by atoms with van der Waals surface area (Å²) < 4.78 is 5.94. The van der Waals surface area contributed by atoms with Gasteiger partial charge in [-0.3, -0.25) is 4.79 Å². The van der Waals surface area contributed by atoms with Gasteiger partial charge < -0.3 is 10.1 Å². The average Bonchev–Trinajstić information content (AvgIpc) is 2.52. The fourth-order valence-corrected chi connectivity index (χ4v) is 2.87. The molecule has 1 aliphatic carbocycles. The second-order valence-electron chi connectivity index (χ2n) is 6.63. The van der Waals surface area contributed by atoms with Crippen molar-refractivity contribution < 1.29 is 9.53 Å². The number of hydrogen-bond acceptors (Lipinski definition) is 2. The highest BCUT2D eigenvalue weighted by atomic mass is 16.5. The molecule has 3 heteroatoms. The third-order valence-corrected chi connectivity index (χ3v) is 4.28. The highest BCUT2D eigenvalue weighted by Crippen LogP contribution is 2.26. The van der Waals surface area contributed by atoms with Crippen LogP contribution in [0.1, 0.15) is 57.6 Å². The molecule has 122 valence electrons. The van der Waals surface area contributed by atoms with Crippen molar-refractivity contribution in [2.45, 2.75) is 65.4 Å². The Bertz CT molecular complexity index is 496. The van der Waals surface area contributed by atoms with Crippen molar-refractivity contribution >= 4 is 5.91 Å². The lowest BCUT2D eigenvalue weighted by atomic mass is 9.92. The standard InChI is InChI=1S/C19H29NO2/c1-4-18(19(21)20-12-11-14(2)3)22-17-10-9-15-7-5-6-8-16(15)13-17/h9-10,13-14,18H,4-8,11-12H2,1-3H3,(H,20,21)/t18-/m0/s1. The van der Waals surface area contributed by atoms with E-state index in [2.05, 4.69) is 31.3 Å². The Balaban J connectivity index is 1.93. The number of nitrogens with one attached hydrogen (secondary N) is 1. The summed E-state index contributed by atoms with van der Waals surface area (Å²) in [5.74, 6) is 1.43. The van der Waals surface area contributed by atoms with Crippen LogP contribution in [0.15, 0.2) is 18.2 Å². The Labute approximate surface area is 134 Å². The van der Waals surface area contributed by atoms with Gasteiger partial charge >= 0.3 is 0 Å². The van der Waals surface area contributed by atoms with Gasteiger partial charge in [0.1, 0.15) is 5.75 Å². The van der Waals surface area contributed by atoms with Crippen molar-refractivity contribution in [1.82, 2.24) is 5.32 Å². The molecule has 1 atom stereocenters. The first kappa shape index (κ1) is 16.9. The number of fused-ring (bicyclic) bond motifs is 1. The fraction of sp³-hybridized carbons (Fsp3) is 0.632. The molecule has 0 radical (unpaired) electrons. The lowest BCUT2D eigenvalue weighted by Gasteiger charge is -2.20. The van der Waals surface area contributed by atoms with E-state index in [0.29, 0.717) is 12.3 Å². The van der Waals surface area contributed by atoms with Crippen LogP contribution < -0.4 is 10.1 Å². The number of rotatable bonds is 7. The zero-order chi connectivity index (χ0) is 15.9. The van der Waals surface area contributed by atoms with Crippen LogP contribution in [0.3, 0.4) is 0 Å². The summed E-state index contributed by atoms with van der Waals surface area (Å²) in [6.07, 6.45) is 6.12. The molecule has 0 saturated carbocycles. The molecule has 2 rings (SSSR count). The Morgan fingerprint density at radius 1 is 1.23 bits per heavy atom. The van der Waals surface area contributed by atoms with Gasteiger partial charge in [0.05, 0.1) is 0 Å². The summed E-state index contributed by atoms with van der Waals surface area (Å²) in [5.41, 5.74) is 2.83. The van der Waals surface area contributed by atoms with Gasteiger partial charge in [0.15, 0.2) is 6.10 Å². The van der Waals surface area contributed by atoms with Gasteiger partial charge in [-0.2, -0.15) is 0 Å². The van der Waals surface area contributed by atoms with Crippen molar-refractivity contribution in [3.8, 4) is 5.75 Å². The lowest BCUT2D eigenvalue weighted by molar-refractivity contribution is -0.128. The van der Waals surface area contributed by atoms with Crippen LogP contribution in [0.25, 0.3) is 0 Å². The van der Waals surface area contributed by atoms with Crippen LogP contribution in [0.2, 0.25) is 0 Å². The van der Waals surface area contributed by atoms with Gasteiger partial charge in [-0.05, 0) is 67.7 Å². The predicted molar refractivity (Wildman–Crippen MR) is 90.3 cm³/mol. The Hall–Kier alpha value is -1.51. The number of amides is 1. The minimum absolute atomic E-state index is 0.000806. The van der Waals surface area contributed by atoms with Crippen molar-refractivity contribution in [2.75, 3.05) is 6.54 Å². The van der Waals surface area contributed by atoms with E-state index in [9.17, 15) is 4.79 Å². The minimum Gasteiger partial charge on any atom is -0.481 e. The van der Waals surface area contributed by atoms with Crippen molar-refractivity contribution in [1.29, 1.82) is 0 Å². The van der Waals surface area contributed by atoms with Crippen molar-refractivity contribution in [3.63, 3.8) is 0 Å². The Morgan fingerprint density at radius 3 is 2.64 bits per heavy atom. The van der Waals surface area contributed by atoms with E-state index in [-0.39, 0.29) is 5.91 Å². The summed E-state index contributed by atoms with van der Waals surface area (Å²) in [4.78, 5) is 12.2. The van der Waals surface area contributed by atoms with Crippen LogP contribution in [-0.4, -0.2) is 18.6 Å². The summed E-state index contributed by atoms with van der Waals surface area (Å²) >= 11 is 0. The molecule has 1 aromatic carbocycles. The first-order valence-corrected chi connectivity index (χ1v) is 8.66. The normalized spacial score (nSPS) is 15.3. The number of benzene rings is 1. The van der Waals surface area contributed by atoms with E-state index in [0.717, 1.165) is 25.1 Å². The quantitative estimate of drug-likeness (QED) is 0.830. The lowest BCUT2D eigenvalue weighted by Crippen LogP contribution is -2.38. The van der Waals surface area contributed by atoms with E-state index in [1.54, 1.807) is 0 Å². The third-order valence-electron chi connectivity index (χ3n) is 4.28. The maximum atomic E-state index is 12.2. The first-order chi connectivity index (χ1) is 10.6. The van der Waals surface area contributed by atoms with Gasteiger partial charge in [0.2, 0.25) is 0 Å². The number of aryl methyl sites for hydroxylation is 2. The molecule has 0 heterocycles. The predicted octanol–water partition coefficient (Wildman–Crippen LogP) is 3.89. The molecule has 0 unspecified atom stereocenters. The number of hydrogen-bond donors (Lipinski definition) is 1. The van der Waals surface area contributed by atoms with Crippen LogP contribution in [0.5, 0.6) is 5.75 Å². The Morgan fingerprint density at radius 2 is 1.95 bits per heavy atom.